The Balaban J connectivity index is 2.37. The van der Waals surface area contributed by atoms with Gasteiger partial charge in [-0.05, 0) is 25.5 Å². The number of primary amides is 1. The second-order valence-corrected chi connectivity index (χ2v) is 5.53. The van der Waals surface area contributed by atoms with Gasteiger partial charge in [0.15, 0.2) is 0 Å². The van der Waals surface area contributed by atoms with Crippen LogP contribution in [0.4, 0.5) is 10.1 Å². The van der Waals surface area contributed by atoms with Gasteiger partial charge in [0, 0.05) is 18.8 Å². The first-order valence-electron chi connectivity index (χ1n) is 5.98. The minimum Gasteiger partial charge on any atom is -0.389 e. The summed E-state index contributed by atoms with van der Waals surface area (Å²) in [4.78, 5) is 13.4. The summed E-state index contributed by atoms with van der Waals surface area (Å²) >= 11 is 4.90. The van der Waals surface area contributed by atoms with Crippen molar-refractivity contribution in [1.29, 1.82) is 0 Å². The van der Waals surface area contributed by atoms with Gasteiger partial charge in [0.05, 0.1) is 11.0 Å². The molecule has 4 N–H and O–H groups in total. The molecule has 1 aliphatic rings. The third-order valence-corrected chi connectivity index (χ3v) is 3.85. The van der Waals surface area contributed by atoms with E-state index in [0.717, 1.165) is 0 Å². The fraction of sp³-hybridized carbons (Fsp3) is 0.385. The van der Waals surface area contributed by atoms with Crippen molar-refractivity contribution in [2.75, 3.05) is 18.0 Å². The topological polar surface area (TPSA) is 72.4 Å². The molecule has 1 fully saturated rings. The summed E-state index contributed by atoms with van der Waals surface area (Å²) in [7, 11) is 0. The van der Waals surface area contributed by atoms with Gasteiger partial charge in [0.25, 0.3) is 0 Å². The normalized spacial score (nSPS) is 22.5. The number of hydrogen-bond acceptors (Lipinski definition) is 3. The SMILES string of the molecule is CC1(C(N)=O)CCN(c2cccc(F)c2C(N)=S)C1. The number of carbonyl (C=O) groups excluding carboxylic acids is 1. The van der Waals surface area contributed by atoms with E-state index < -0.39 is 11.2 Å². The van der Waals surface area contributed by atoms with Crippen molar-refractivity contribution in [3.63, 3.8) is 0 Å². The highest BCUT2D eigenvalue weighted by atomic mass is 32.1. The maximum Gasteiger partial charge on any atom is 0.225 e. The number of halogens is 1. The van der Waals surface area contributed by atoms with Crippen LogP contribution in [-0.4, -0.2) is 24.0 Å². The van der Waals surface area contributed by atoms with E-state index in [4.69, 9.17) is 23.7 Å². The number of carbonyl (C=O) groups is 1. The van der Waals surface area contributed by atoms with Crippen LogP contribution in [0.25, 0.3) is 0 Å². The minimum absolute atomic E-state index is 0.0146. The van der Waals surface area contributed by atoms with E-state index in [9.17, 15) is 9.18 Å². The zero-order chi connectivity index (χ0) is 14.2. The fourth-order valence-corrected chi connectivity index (χ4v) is 2.59. The lowest BCUT2D eigenvalue weighted by molar-refractivity contribution is -0.125. The molecule has 0 spiro atoms. The second kappa shape index (κ2) is 4.77. The molecule has 1 heterocycles. The number of amides is 1. The van der Waals surface area contributed by atoms with Crippen molar-refractivity contribution in [2.45, 2.75) is 13.3 Å². The monoisotopic (exact) mass is 281 g/mol. The summed E-state index contributed by atoms with van der Waals surface area (Å²) in [6.45, 7) is 2.88. The first-order chi connectivity index (χ1) is 8.85. The number of nitrogens with two attached hydrogens (primary N) is 2. The van der Waals surface area contributed by atoms with E-state index in [1.54, 1.807) is 12.1 Å². The predicted octanol–water partition coefficient (Wildman–Crippen LogP) is 1.16. The molecule has 1 amide bonds. The lowest BCUT2D eigenvalue weighted by Gasteiger charge is -2.24. The van der Waals surface area contributed by atoms with Crippen LogP contribution in [0.5, 0.6) is 0 Å². The van der Waals surface area contributed by atoms with Gasteiger partial charge >= 0.3 is 0 Å². The third kappa shape index (κ3) is 2.40. The quantitative estimate of drug-likeness (QED) is 0.816. The van der Waals surface area contributed by atoms with Crippen molar-refractivity contribution in [3.8, 4) is 0 Å². The van der Waals surface area contributed by atoms with E-state index in [-0.39, 0.29) is 16.5 Å². The third-order valence-electron chi connectivity index (χ3n) is 3.65. The average molecular weight is 281 g/mol. The van der Waals surface area contributed by atoms with Crippen molar-refractivity contribution in [1.82, 2.24) is 0 Å². The summed E-state index contributed by atoms with van der Waals surface area (Å²) in [6.07, 6.45) is 0.635. The Kier molecular flexibility index (Phi) is 3.45. The molecule has 19 heavy (non-hydrogen) atoms. The lowest BCUT2D eigenvalue weighted by atomic mass is 9.89. The van der Waals surface area contributed by atoms with Gasteiger partial charge in [-0.1, -0.05) is 18.3 Å². The molecule has 0 saturated carbocycles. The van der Waals surface area contributed by atoms with Gasteiger partial charge in [-0.3, -0.25) is 4.79 Å². The van der Waals surface area contributed by atoms with Gasteiger partial charge in [0.1, 0.15) is 10.8 Å². The highest BCUT2D eigenvalue weighted by Gasteiger charge is 2.39. The zero-order valence-corrected chi connectivity index (χ0v) is 11.5. The largest absolute Gasteiger partial charge is 0.389 e. The first kappa shape index (κ1) is 13.7. The van der Waals surface area contributed by atoms with E-state index >= 15 is 0 Å². The lowest BCUT2D eigenvalue weighted by Crippen LogP contribution is -2.37. The number of hydrogen-bond donors (Lipinski definition) is 2. The van der Waals surface area contributed by atoms with Gasteiger partial charge in [-0.15, -0.1) is 0 Å². The van der Waals surface area contributed by atoms with Crippen molar-refractivity contribution < 1.29 is 9.18 Å². The molecule has 1 saturated heterocycles. The van der Waals surface area contributed by atoms with E-state index in [0.29, 0.717) is 25.2 Å². The summed E-state index contributed by atoms with van der Waals surface area (Å²) in [5.41, 5.74) is 11.2. The van der Waals surface area contributed by atoms with Crippen LogP contribution in [0, 0.1) is 11.2 Å². The number of anilines is 1. The van der Waals surface area contributed by atoms with Gasteiger partial charge < -0.3 is 16.4 Å². The molecule has 1 aromatic rings. The Morgan fingerprint density at radius 2 is 2.16 bits per heavy atom. The van der Waals surface area contributed by atoms with Crippen LogP contribution in [0.2, 0.25) is 0 Å². The molecule has 1 unspecified atom stereocenters. The zero-order valence-electron chi connectivity index (χ0n) is 10.6. The smallest absolute Gasteiger partial charge is 0.225 e. The highest BCUT2D eigenvalue weighted by Crippen LogP contribution is 2.35. The Morgan fingerprint density at radius 1 is 1.47 bits per heavy atom. The highest BCUT2D eigenvalue weighted by molar-refractivity contribution is 7.80. The molecular formula is C13H16FN3OS. The van der Waals surface area contributed by atoms with E-state index in [2.05, 4.69) is 0 Å². The maximum absolute atomic E-state index is 13.8. The Hall–Kier alpha value is -1.69. The second-order valence-electron chi connectivity index (χ2n) is 5.09. The molecule has 0 aromatic heterocycles. The predicted molar refractivity (Wildman–Crippen MR) is 76.4 cm³/mol. The van der Waals surface area contributed by atoms with E-state index in [1.165, 1.54) is 6.07 Å². The number of rotatable bonds is 3. The molecule has 0 aliphatic carbocycles. The average Bonchev–Trinajstić information content (AvgIpc) is 2.72. The molecular weight excluding hydrogens is 265 g/mol. The van der Waals surface area contributed by atoms with Crippen molar-refractivity contribution in [2.24, 2.45) is 16.9 Å². The molecule has 1 aliphatic heterocycles. The Morgan fingerprint density at radius 3 is 2.68 bits per heavy atom. The fourth-order valence-electron chi connectivity index (χ4n) is 2.39. The Labute approximate surface area is 116 Å². The molecule has 102 valence electrons. The first-order valence-corrected chi connectivity index (χ1v) is 6.39. The molecule has 0 bridgehead atoms. The molecule has 0 radical (unpaired) electrons. The summed E-state index contributed by atoms with van der Waals surface area (Å²) in [6, 6.07) is 4.68. The molecule has 1 aromatic carbocycles. The Bertz CT molecular complexity index is 549. The summed E-state index contributed by atoms with van der Waals surface area (Å²) < 4.78 is 13.8. The van der Waals surface area contributed by atoms with Crippen LogP contribution in [0.3, 0.4) is 0 Å². The van der Waals surface area contributed by atoms with Crippen LogP contribution in [0.15, 0.2) is 18.2 Å². The van der Waals surface area contributed by atoms with Crippen LogP contribution >= 0.6 is 12.2 Å². The molecule has 4 nitrogen and oxygen atoms in total. The maximum atomic E-state index is 13.8. The number of nitrogens with zero attached hydrogens (tertiary/aromatic N) is 1. The van der Waals surface area contributed by atoms with Gasteiger partial charge in [-0.2, -0.15) is 0 Å². The van der Waals surface area contributed by atoms with Crippen LogP contribution in [-0.2, 0) is 4.79 Å². The number of benzene rings is 1. The number of thiocarbonyl (C=S) groups is 1. The molecule has 2 rings (SSSR count). The molecule has 1 atom stereocenters. The molecule has 6 heteroatoms. The standard InChI is InChI=1S/C13H16FN3OS/c1-13(12(16)18)5-6-17(7-13)9-4-2-3-8(14)10(9)11(15)19/h2-4H,5-7H2,1H3,(H2,15,19)(H2,16,18). The summed E-state index contributed by atoms with van der Waals surface area (Å²) in [5.74, 6) is -0.791. The van der Waals surface area contributed by atoms with Crippen LogP contribution < -0.4 is 16.4 Å². The van der Waals surface area contributed by atoms with Gasteiger partial charge in [-0.25, -0.2) is 4.39 Å². The van der Waals surface area contributed by atoms with E-state index in [1.807, 2.05) is 11.8 Å². The summed E-state index contributed by atoms with van der Waals surface area (Å²) in [5, 5.41) is 0. The van der Waals surface area contributed by atoms with Crippen molar-refractivity contribution in [3.05, 3.63) is 29.6 Å². The van der Waals surface area contributed by atoms with Crippen LogP contribution in [0.1, 0.15) is 18.9 Å². The van der Waals surface area contributed by atoms with Gasteiger partial charge in [0.2, 0.25) is 5.91 Å². The van der Waals surface area contributed by atoms with Crippen molar-refractivity contribution >= 4 is 28.8 Å². The minimum atomic E-state index is -0.597.